The third-order valence-electron chi connectivity index (χ3n) is 3.93. The molecule has 0 spiro atoms. The summed E-state index contributed by atoms with van der Waals surface area (Å²) in [4.78, 5) is 3.41. The zero-order chi connectivity index (χ0) is 16.8. The molecule has 122 valence electrons. The highest BCUT2D eigenvalue weighted by Crippen LogP contribution is 2.27. The average molecular weight is 353 g/mol. The van der Waals surface area contributed by atoms with E-state index in [1.165, 1.54) is 16.0 Å². The Morgan fingerprint density at radius 2 is 1.54 bits per heavy atom. The summed E-state index contributed by atoms with van der Waals surface area (Å²) in [7, 11) is 2.05. The van der Waals surface area contributed by atoms with Crippen molar-refractivity contribution in [2.45, 2.75) is 12.6 Å². The highest BCUT2D eigenvalue weighted by Gasteiger charge is 2.21. The molecule has 0 radical (unpaired) electrons. The minimum absolute atomic E-state index is 0.0933. The van der Waals surface area contributed by atoms with Gasteiger partial charge in [0.15, 0.2) is 5.11 Å². The molecule has 0 amide bonds. The molecule has 0 bridgehead atoms. The summed E-state index contributed by atoms with van der Waals surface area (Å²) in [5.41, 5.74) is 2.46. The zero-order valence-corrected chi connectivity index (χ0v) is 15.2. The van der Waals surface area contributed by atoms with Crippen LogP contribution < -0.4 is 5.32 Å². The Labute approximate surface area is 152 Å². The van der Waals surface area contributed by atoms with Crippen LogP contribution in [-0.2, 0) is 6.54 Å². The number of nitrogens with one attached hydrogen (secondary N) is 1. The molecule has 2 aromatic carbocycles. The predicted molar refractivity (Wildman–Crippen MR) is 106 cm³/mol. The van der Waals surface area contributed by atoms with Gasteiger partial charge < -0.3 is 10.2 Å². The Bertz CT molecular complexity index is 715. The van der Waals surface area contributed by atoms with Crippen LogP contribution in [0.4, 0.5) is 0 Å². The first-order valence-electron chi connectivity index (χ1n) is 7.88. The second kappa shape index (κ2) is 8.08. The molecular formula is C20H20N2S2. The van der Waals surface area contributed by atoms with Gasteiger partial charge in [-0.3, -0.25) is 0 Å². The Balaban J connectivity index is 1.81. The first kappa shape index (κ1) is 16.7. The van der Waals surface area contributed by atoms with Crippen LogP contribution in [-0.4, -0.2) is 17.1 Å². The highest BCUT2D eigenvalue weighted by atomic mass is 32.1. The van der Waals surface area contributed by atoms with Gasteiger partial charge in [0.25, 0.3) is 0 Å². The van der Waals surface area contributed by atoms with Crippen molar-refractivity contribution >= 4 is 28.7 Å². The molecule has 0 unspecified atom stereocenters. The first-order chi connectivity index (χ1) is 11.8. The fourth-order valence-electron chi connectivity index (χ4n) is 2.73. The molecule has 0 saturated carbocycles. The lowest BCUT2D eigenvalue weighted by atomic mass is 9.98. The fourth-order valence-corrected chi connectivity index (χ4v) is 3.55. The van der Waals surface area contributed by atoms with Gasteiger partial charge in [-0.1, -0.05) is 66.7 Å². The van der Waals surface area contributed by atoms with Crippen molar-refractivity contribution in [3.8, 4) is 0 Å². The molecule has 0 aliphatic rings. The Hall–Kier alpha value is -2.17. The van der Waals surface area contributed by atoms with Crippen LogP contribution in [0, 0.1) is 0 Å². The van der Waals surface area contributed by atoms with Gasteiger partial charge in [0.1, 0.15) is 0 Å². The molecule has 2 nitrogen and oxygen atoms in total. The number of benzene rings is 2. The Morgan fingerprint density at radius 3 is 2.04 bits per heavy atom. The third kappa shape index (κ3) is 4.02. The molecule has 3 aromatic rings. The maximum Gasteiger partial charge on any atom is 0.169 e. The lowest BCUT2D eigenvalue weighted by molar-refractivity contribution is 0.420. The van der Waals surface area contributed by atoms with E-state index in [9.17, 15) is 0 Å². The molecule has 4 heteroatoms. The molecular weight excluding hydrogens is 332 g/mol. The van der Waals surface area contributed by atoms with Gasteiger partial charge in [-0.2, -0.15) is 0 Å². The minimum Gasteiger partial charge on any atom is -0.358 e. The predicted octanol–water partition coefficient (Wildman–Crippen LogP) is 4.84. The average Bonchev–Trinajstić information content (AvgIpc) is 3.15. The molecule has 0 aliphatic carbocycles. The lowest BCUT2D eigenvalue weighted by Gasteiger charge is -2.31. The van der Waals surface area contributed by atoms with Crippen LogP contribution in [0.5, 0.6) is 0 Å². The molecule has 1 N–H and O–H groups in total. The van der Waals surface area contributed by atoms with Crippen LogP contribution in [0.1, 0.15) is 22.0 Å². The third-order valence-corrected chi connectivity index (χ3v) is 5.24. The number of thiophene rings is 1. The quantitative estimate of drug-likeness (QED) is 0.661. The van der Waals surface area contributed by atoms with E-state index in [2.05, 4.69) is 83.3 Å². The van der Waals surface area contributed by atoms with E-state index in [1.807, 2.05) is 12.1 Å². The van der Waals surface area contributed by atoms with Crippen LogP contribution in [0.25, 0.3) is 0 Å². The van der Waals surface area contributed by atoms with E-state index in [4.69, 9.17) is 12.2 Å². The summed E-state index contributed by atoms with van der Waals surface area (Å²) in [6.07, 6.45) is 0. The van der Waals surface area contributed by atoms with Crippen molar-refractivity contribution in [3.05, 3.63) is 94.2 Å². The molecule has 0 atom stereocenters. The van der Waals surface area contributed by atoms with Crippen molar-refractivity contribution < 1.29 is 0 Å². The van der Waals surface area contributed by atoms with Crippen LogP contribution in [0.15, 0.2) is 78.2 Å². The second-order valence-electron chi connectivity index (χ2n) is 5.57. The molecule has 0 aliphatic heterocycles. The fraction of sp³-hybridized carbons (Fsp3) is 0.150. The first-order valence-corrected chi connectivity index (χ1v) is 9.17. The molecule has 0 fully saturated rings. The molecule has 24 heavy (non-hydrogen) atoms. The summed E-state index contributed by atoms with van der Waals surface area (Å²) in [5, 5.41) is 6.21. The van der Waals surface area contributed by atoms with E-state index in [-0.39, 0.29) is 6.04 Å². The standard InChI is InChI=1S/C20H20N2S2/c1-22(20(23)21-15-18-13-8-14-24-18)19(16-9-4-2-5-10-16)17-11-6-3-7-12-17/h2-14,19H,15H2,1H3,(H,21,23). The molecule has 1 aromatic heterocycles. The van der Waals surface area contributed by atoms with Gasteiger partial charge in [-0.15, -0.1) is 11.3 Å². The maximum atomic E-state index is 5.65. The summed E-state index contributed by atoms with van der Waals surface area (Å²) in [6.45, 7) is 0.761. The van der Waals surface area contributed by atoms with Crippen molar-refractivity contribution in [1.29, 1.82) is 0 Å². The summed E-state index contributed by atoms with van der Waals surface area (Å²) in [5.74, 6) is 0. The van der Waals surface area contributed by atoms with Gasteiger partial charge in [0.2, 0.25) is 0 Å². The second-order valence-corrected chi connectivity index (χ2v) is 6.99. The van der Waals surface area contributed by atoms with E-state index >= 15 is 0 Å². The van der Waals surface area contributed by atoms with Crippen molar-refractivity contribution in [1.82, 2.24) is 10.2 Å². The van der Waals surface area contributed by atoms with Gasteiger partial charge in [-0.25, -0.2) is 0 Å². The summed E-state index contributed by atoms with van der Waals surface area (Å²) >= 11 is 7.38. The number of hydrogen-bond donors (Lipinski definition) is 1. The topological polar surface area (TPSA) is 15.3 Å². The van der Waals surface area contributed by atoms with Crippen LogP contribution >= 0.6 is 23.6 Å². The van der Waals surface area contributed by atoms with Crippen molar-refractivity contribution in [2.75, 3.05) is 7.05 Å². The van der Waals surface area contributed by atoms with Crippen LogP contribution in [0.2, 0.25) is 0 Å². The van der Waals surface area contributed by atoms with E-state index < -0.39 is 0 Å². The molecule has 3 rings (SSSR count). The lowest BCUT2D eigenvalue weighted by Crippen LogP contribution is -2.39. The van der Waals surface area contributed by atoms with Crippen LogP contribution in [0.3, 0.4) is 0 Å². The number of thiocarbonyl (C=S) groups is 1. The molecule has 1 heterocycles. The smallest absolute Gasteiger partial charge is 0.169 e. The van der Waals surface area contributed by atoms with Gasteiger partial charge in [0.05, 0.1) is 12.6 Å². The van der Waals surface area contributed by atoms with Gasteiger partial charge in [-0.05, 0) is 34.8 Å². The van der Waals surface area contributed by atoms with E-state index in [0.29, 0.717) is 0 Å². The van der Waals surface area contributed by atoms with Crippen molar-refractivity contribution in [2.24, 2.45) is 0 Å². The van der Waals surface area contributed by atoms with E-state index in [1.54, 1.807) is 11.3 Å². The minimum atomic E-state index is 0.0933. The number of rotatable bonds is 5. The van der Waals surface area contributed by atoms with Gasteiger partial charge >= 0.3 is 0 Å². The normalized spacial score (nSPS) is 10.6. The largest absolute Gasteiger partial charge is 0.358 e. The Morgan fingerprint density at radius 1 is 0.958 bits per heavy atom. The summed E-state index contributed by atoms with van der Waals surface area (Å²) in [6, 6.07) is 25.2. The monoisotopic (exact) mass is 352 g/mol. The SMILES string of the molecule is CN(C(=S)NCc1cccs1)C(c1ccccc1)c1ccccc1. The van der Waals surface area contributed by atoms with Gasteiger partial charge in [0, 0.05) is 11.9 Å². The van der Waals surface area contributed by atoms with Crippen molar-refractivity contribution in [3.63, 3.8) is 0 Å². The summed E-state index contributed by atoms with van der Waals surface area (Å²) < 4.78 is 0. The maximum absolute atomic E-state index is 5.65. The van der Waals surface area contributed by atoms with E-state index in [0.717, 1.165) is 11.7 Å². The highest BCUT2D eigenvalue weighted by molar-refractivity contribution is 7.80. The zero-order valence-electron chi connectivity index (χ0n) is 13.6. The molecule has 0 saturated heterocycles. The Kier molecular flexibility index (Phi) is 5.62. The number of nitrogens with zero attached hydrogens (tertiary/aromatic N) is 1. The number of hydrogen-bond acceptors (Lipinski definition) is 2.